The molecule has 9 heteroatoms. The fourth-order valence-corrected chi connectivity index (χ4v) is 3.06. The van der Waals surface area contributed by atoms with Crippen molar-refractivity contribution in [2.45, 2.75) is 18.3 Å². The molecule has 1 amide bonds. The van der Waals surface area contributed by atoms with Crippen molar-refractivity contribution < 1.29 is 27.8 Å². The minimum atomic E-state index is -5.09. The molecule has 1 heterocycles. The molecule has 0 saturated heterocycles. The van der Waals surface area contributed by atoms with Gasteiger partial charge in [-0.15, -0.1) is 0 Å². The second kappa shape index (κ2) is 6.97. The number of benzene rings is 2. The van der Waals surface area contributed by atoms with Gasteiger partial charge in [0.05, 0.1) is 19.2 Å². The van der Waals surface area contributed by atoms with E-state index in [0.29, 0.717) is 15.8 Å². The van der Waals surface area contributed by atoms with E-state index < -0.39 is 24.2 Å². The lowest BCUT2D eigenvalue weighted by Crippen LogP contribution is -2.56. The third kappa shape index (κ3) is 3.57. The molecule has 0 aliphatic carbocycles. The number of ether oxygens (including phenoxy) is 1. The van der Waals surface area contributed by atoms with Gasteiger partial charge in [0, 0.05) is 10.0 Å². The first-order chi connectivity index (χ1) is 12.7. The van der Waals surface area contributed by atoms with Crippen molar-refractivity contribution >= 4 is 27.5 Å². The van der Waals surface area contributed by atoms with Crippen LogP contribution in [0.25, 0.3) is 0 Å². The van der Waals surface area contributed by atoms with Gasteiger partial charge in [-0.05, 0) is 42.0 Å². The number of amides is 1. The van der Waals surface area contributed by atoms with Crippen LogP contribution in [0.2, 0.25) is 0 Å². The van der Waals surface area contributed by atoms with E-state index in [1.807, 2.05) is 0 Å². The summed E-state index contributed by atoms with van der Waals surface area (Å²) in [6.45, 7) is 0. The maximum Gasteiger partial charge on any atom is 0.438 e. The Morgan fingerprint density at radius 1 is 1.26 bits per heavy atom. The summed E-state index contributed by atoms with van der Waals surface area (Å²) in [4.78, 5) is 12.7. The van der Waals surface area contributed by atoms with Crippen molar-refractivity contribution in [1.29, 1.82) is 0 Å². The van der Waals surface area contributed by atoms with Gasteiger partial charge in [0.25, 0.3) is 11.6 Å². The lowest BCUT2D eigenvalue weighted by atomic mass is 10.0. The van der Waals surface area contributed by atoms with E-state index in [-0.39, 0.29) is 16.3 Å². The number of rotatable bonds is 3. The molecule has 0 radical (unpaired) electrons. The Morgan fingerprint density at radius 2 is 1.93 bits per heavy atom. The molecule has 27 heavy (non-hydrogen) atoms. The van der Waals surface area contributed by atoms with Crippen LogP contribution in [-0.2, 0) is 0 Å². The quantitative estimate of drug-likeness (QED) is 0.782. The summed E-state index contributed by atoms with van der Waals surface area (Å²) >= 11 is 3.24. The molecule has 0 bridgehead atoms. The van der Waals surface area contributed by atoms with Gasteiger partial charge in [-0.3, -0.25) is 4.79 Å². The normalized spacial score (nSPS) is 19.8. The Balaban J connectivity index is 2.03. The predicted molar refractivity (Wildman–Crippen MR) is 95.5 cm³/mol. The number of hydrogen-bond donors (Lipinski definition) is 1. The van der Waals surface area contributed by atoms with E-state index in [2.05, 4.69) is 21.0 Å². The number of aliphatic hydroxyl groups is 1. The molecule has 1 atom stereocenters. The fourth-order valence-electron chi connectivity index (χ4n) is 2.66. The summed E-state index contributed by atoms with van der Waals surface area (Å²) in [6.07, 6.45) is -5.96. The van der Waals surface area contributed by atoms with E-state index in [9.17, 15) is 23.1 Å². The van der Waals surface area contributed by atoms with Crippen LogP contribution in [0.4, 0.5) is 13.2 Å². The molecule has 0 spiro atoms. The maximum atomic E-state index is 13.6. The Labute approximate surface area is 161 Å². The number of hydrazone groups is 1. The van der Waals surface area contributed by atoms with Crippen LogP contribution >= 0.6 is 15.9 Å². The van der Waals surface area contributed by atoms with E-state index in [1.165, 1.54) is 31.4 Å². The largest absolute Gasteiger partial charge is 0.497 e. The van der Waals surface area contributed by atoms with Gasteiger partial charge >= 0.3 is 6.18 Å². The first-order valence-corrected chi connectivity index (χ1v) is 8.56. The summed E-state index contributed by atoms with van der Waals surface area (Å²) in [6, 6.07) is 12.0. The molecular weight excluding hydrogens is 429 g/mol. The third-order valence-electron chi connectivity index (χ3n) is 4.13. The fraction of sp³-hybridized carbons (Fsp3) is 0.222. The number of carbonyl (C=O) groups is 1. The topological polar surface area (TPSA) is 62.1 Å². The molecule has 0 aromatic heterocycles. The number of halogens is 4. The van der Waals surface area contributed by atoms with E-state index in [1.54, 1.807) is 24.3 Å². The van der Waals surface area contributed by atoms with Crippen molar-refractivity contribution in [3.8, 4) is 5.75 Å². The minimum Gasteiger partial charge on any atom is -0.497 e. The van der Waals surface area contributed by atoms with Crippen molar-refractivity contribution in [3.05, 3.63) is 64.1 Å². The smallest absolute Gasteiger partial charge is 0.438 e. The number of hydrogen-bond acceptors (Lipinski definition) is 4. The number of nitrogens with zero attached hydrogens (tertiary/aromatic N) is 2. The molecule has 0 unspecified atom stereocenters. The van der Waals surface area contributed by atoms with Gasteiger partial charge in [-0.2, -0.15) is 23.3 Å². The Hall–Kier alpha value is -2.39. The number of alkyl halides is 3. The zero-order chi connectivity index (χ0) is 19.8. The van der Waals surface area contributed by atoms with Crippen molar-refractivity contribution in [2.75, 3.05) is 7.11 Å². The van der Waals surface area contributed by atoms with Crippen LogP contribution < -0.4 is 4.74 Å². The second-order valence-electron chi connectivity index (χ2n) is 5.89. The minimum absolute atomic E-state index is 0.0435. The van der Waals surface area contributed by atoms with Gasteiger partial charge in [-0.1, -0.05) is 28.1 Å². The van der Waals surface area contributed by atoms with Crippen LogP contribution in [0.3, 0.4) is 0 Å². The van der Waals surface area contributed by atoms with Gasteiger partial charge in [-0.25, -0.2) is 0 Å². The lowest BCUT2D eigenvalue weighted by molar-refractivity contribution is -0.297. The summed E-state index contributed by atoms with van der Waals surface area (Å²) in [5.41, 5.74) is -3.16. The molecular formula is C18H14BrF3N2O3. The highest BCUT2D eigenvalue weighted by atomic mass is 79.9. The summed E-state index contributed by atoms with van der Waals surface area (Å²) in [7, 11) is 1.42. The summed E-state index contributed by atoms with van der Waals surface area (Å²) < 4.78 is 46.4. The SMILES string of the molecule is COc1ccc(C(=O)N2N=C(c3cccc(Br)c3)C[C@@]2(O)C(F)(F)F)cc1. The van der Waals surface area contributed by atoms with Crippen LogP contribution in [0.5, 0.6) is 5.75 Å². The van der Waals surface area contributed by atoms with Crippen LogP contribution in [0, 0.1) is 0 Å². The monoisotopic (exact) mass is 442 g/mol. The first-order valence-electron chi connectivity index (χ1n) is 7.77. The highest BCUT2D eigenvalue weighted by Crippen LogP contribution is 2.42. The Morgan fingerprint density at radius 3 is 2.48 bits per heavy atom. The molecule has 2 aromatic carbocycles. The molecule has 1 aliphatic heterocycles. The molecule has 2 aromatic rings. The second-order valence-corrected chi connectivity index (χ2v) is 6.81. The summed E-state index contributed by atoms with van der Waals surface area (Å²) in [5, 5.41) is 14.3. The van der Waals surface area contributed by atoms with Crippen LogP contribution in [0.15, 0.2) is 58.1 Å². The van der Waals surface area contributed by atoms with Crippen molar-refractivity contribution in [1.82, 2.24) is 5.01 Å². The zero-order valence-electron chi connectivity index (χ0n) is 14.0. The van der Waals surface area contributed by atoms with Crippen LogP contribution in [-0.4, -0.2) is 40.7 Å². The Kier molecular flexibility index (Phi) is 5.00. The van der Waals surface area contributed by atoms with Gasteiger partial charge in [0.15, 0.2) is 0 Å². The molecule has 142 valence electrons. The molecule has 3 rings (SSSR count). The van der Waals surface area contributed by atoms with Gasteiger partial charge in [0.2, 0.25) is 0 Å². The van der Waals surface area contributed by atoms with E-state index >= 15 is 0 Å². The first kappa shape index (κ1) is 19.4. The Bertz CT molecular complexity index is 899. The standard InChI is InChI=1S/C18H14BrF3N2O3/c1-27-14-7-5-11(6-8-14)16(25)24-17(26,18(20,21)22)10-15(23-24)12-3-2-4-13(19)9-12/h2-9,26H,10H2,1H3/t17-/m1/s1. The van der Waals surface area contributed by atoms with Gasteiger partial charge in [0.1, 0.15) is 5.75 Å². The number of carbonyl (C=O) groups excluding carboxylic acids is 1. The predicted octanol–water partition coefficient (Wildman–Crippen LogP) is 3.96. The average molecular weight is 443 g/mol. The number of methoxy groups -OCH3 is 1. The molecule has 5 nitrogen and oxygen atoms in total. The van der Waals surface area contributed by atoms with Crippen molar-refractivity contribution in [2.24, 2.45) is 5.10 Å². The van der Waals surface area contributed by atoms with E-state index in [4.69, 9.17) is 4.74 Å². The summed E-state index contributed by atoms with van der Waals surface area (Å²) in [5.74, 6) is -0.625. The zero-order valence-corrected chi connectivity index (χ0v) is 15.6. The van der Waals surface area contributed by atoms with Crippen molar-refractivity contribution in [3.63, 3.8) is 0 Å². The highest BCUT2D eigenvalue weighted by Gasteiger charge is 2.63. The maximum absolute atomic E-state index is 13.6. The lowest BCUT2D eigenvalue weighted by Gasteiger charge is -2.32. The third-order valence-corrected chi connectivity index (χ3v) is 4.62. The molecule has 0 fully saturated rings. The molecule has 1 N–H and O–H groups in total. The van der Waals surface area contributed by atoms with E-state index in [0.717, 1.165) is 0 Å². The van der Waals surface area contributed by atoms with Crippen LogP contribution in [0.1, 0.15) is 22.3 Å². The average Bonchev–Trinajstić information content (AvgIpc) is 3.00. The molecule has 0 saturated carbocycles. The molecule has 1 aliphatic rings. The highest BCUT2D eigenvalue weighted by molar-refractivity contribution is 9.10. The van der Waals surface area contributed by atoms with Gasteiger partial charge < -0.3 is 9.84 Å².